The highest BCUT2D eigenvalue weighted by molar-refractivity contribution is 7.21. The monoisotopic (exact) mass is 469 g/mol. The van der Waals surface area contributed by atoms with E-state index in [1.807, 2.05) is 19.9 Å². The number of thiophene rings is 1. The van der Waals surface area contributed by atoms with Crippen LogP contribution < -0.4 is 21.7 Å². The van der Waals surface area contributed by atoms with Gasteiger partial charge in [-0.15, -0.1) is 11.3 Å². The number of hydrogen-bond donors (Lipinski definition) is 3. The van der Waals surface area contributed by atoms with E-state index in [2.05, 4.69) is 26.3 Å². The van der Waals surface area contributed by atoms with Gasteiger partial charge in [0.05, 0.1) is 18.1 Å². The molecule has 33 heavy (non-hydrogen) atoms. The van der Waals surface area contributed by atoms with Crippen LogP contribution in [0, 0.1) is 12.3 Å². The Hall–Kier alpha value is -2.85. The molecule has 8 nitrogen and oxygen atoms in total. The normalized spacial score (nSPS) is 24.8. The highest BCUT2D eigenvalue weighted by Gasteiger charge is 2.41. The van der Waals surface area contributed by atoms with E-state index in [-0.39, 0.29) is 18.0 Å². The van der Waals surface area contributed by atoms with Gasteiger partial charge in [0.15, 0.2) is 0 Å². The van der Waals surface area contributed by atoms with Gasteiger partial charge in [0.2, 0.25) is 0 Å². The van der Waals surface area contributed by atoms with Gasteiger partial charge in [-0.3, -0.25) is 9.18 Å². The highest BCUT2D eigenvalue weighted by Crippen LogP contribution is 2.34. The van der Waals surface area contributed by atoms with Crippen LogP contribution in [0.2, 0.25) is 0 Å². The molecular weight excluding hydrogens is 441 g/mol. The Kier molecular flexibility index (Phi) is 5.44. The predicted octanol–water partition coefficient (Wildman–Crippen LogP) is 2.39. The minimum Gasteiger partial charge on any atom is -0.396 e. The molecule has 3 aromatic heterocycles. The van der Waals surface area contributed by atoms with Crippen LogP contribution in [0.25, 0.3) is 10.3 Å². The van der Waals surface area contributed by atoms with E-state index in [1.54, 1.807) is 6.20 Å². The third kappa shape index (κ3) is 3.91. The maximum Gasteiger partial charge on any atom is 0.263 e. The number of amides is 1. The smallest absolute Gasteiger partial charge is 0.263 e. The number of rotatable bonds is 4. The Morgan fingerprint density at radius 1 is 1.39 bits per heavy atom. The summed E-state index contributed by atoms with van der Waals surface area (Å²) in [7, 11) is 0. The molecular formula is C23H28FN7OS. The number of aromatic nitrogens is 3. The molecule has 3 aromatic rings. The van der Waals surface area contributed by atoms with Crippen LogP contribution in [0.15, 0.2) is 18.3 Å². The molecule has 10 heteroatoms. The topological polar surface area (TPSA) is 123 Å². The fraction of sp³-hybridized carbons (Fsp3) is 0.478. The van der Waals surface area contributed by atoms with Crippen LogP contribution in [0.4, 0.5) is 15.9 Å². The quantitative estimate of drug-likeness (QED) is 0.536. The standard InChI is InChI=1S/C23H28FN7OS/c1-12-8-27-19-18(26)20(33-22(19)28-12)21(32)29-14-4-5-15-13(7-14)3-6-17(30-15)31-9-16(25)23(2,10-24)11-31/h3,6,8,14,16H,4-5,7,9-11,25-26H2,1-2H3,(H,29,32). The fourth-order valence-electron chi connectivity index (χ4n) is 4.68. The first kappa shape index (κ1) is 22.0. The zero-order valence-electron chi connectivity index (χ0n) is 18.8. The second-order valence-electron chi connectivity index (χ2n) is 9.47. The molecule has 5 rings (SSSR count). The number of nitrogens with two attached hydrogens (primary N) is 2. The van der Waals surface area contributed by atoms with Crippen LogP contribution in [-0.2, 0) is 12.8 Å². The lowest BCUT2D eigenvalue weighted by Crippen LogP contribution is -2.39. The molecule has 3 atom stereocenters. The summed E-state index contributed by atoms with van der Waals surface area (Å²) < 4.78 is 13.5. The highest BCUT2D eigenvalue weighted by atomic mass is 32.1. The molecule has 1 fully saturated rings. The first-order chi connectivity index (χ1) is 15.8. The Balaban J connectivity index is 1.28. The number of fused-ring (bicyclic) bond motifs is 2. The van der Waals surface area contributed by atoms with Crippen molar-refractivity contribution in [3.63, 3.8) is 0 Å². The lowest BCUT2D eigenvalue weighted by molar-refractivity contribution is 0.0938. The van der Waals surface area contributed by atoms with Crippen molar-refractivity contribution >= 4 is 39.1 Å². The van der Waals surface area contributed by atoms with Crippen molar-refractivity contribution in [3.05, 3.63) is 40.2 Å². The van der Waals surface area contributed by atoms with Crippen molar-refractivity contribution in [1.82, 2.24) is 20.3 Å². The van der Waals surface area contributed by atoms with Crippen molar-refractivity contribution in [2.45, 2.75) is 45.2 Å². The van der Waals surface area contributed by atoms with Crippen molar-refractivity contribution in [1.29, 1.82) is 0 Å². The summed E-state index contributed by atoms with van der Waals surface area (Å²) >= 11 is 1.27. The number of carbonyl (C=O) groups is 1. The summed E-state index contributed by atoms with van der Waals surface area (Å²) in [4.78, 5) is 29.8. The Bertz CT molecular complexity index is 1230. The van der Waals surface area contributed by atoms with Crippen LogP contribution in [0.3, 0.4) is 0 Å². The third-order valence-electron chi connectivity index (χ3n) is 6.84. The molecule has 174 valence electrons. The van der Waals surface area contributed by atoms with Gasteiger partial charge in [0.1, 0.15) is 21.0 Å². The fourth-order valence-corrected chi connectivity index (χ4v) is 5.68. The van der Waals surface area contributed by atoms with Crippen LogP contribution >= 0.6 is 11.3 Å². The SMILES string of the molecule is Cc1cnc2c(N)c(C(=O)NC3CCc4nc(N5CC(N)C(C)(CF)C5)ccc4C3)sc2n1. The van der Waals surface area contributed by atoms with Crippen LogP contribution in [-0.4, -0.2) is 52.7 Å². The summed E-state index contributed by atoms with van der Waals surface area (Å²) in [6.07, 6.45) is 3.91. The van der Waals surface area contributed by atoms with Gasteiger partial charge < -0.3 is 21.7 Å². The lowest BCUT2D eigenvalue weighted by Gasteiger charge is -2.27. The van der Waals surface area contributed by atoms with Gasteiger partial charge in [-0.1, -0.05) is 13.0 Å². The van der Waals surface area contributed by atoms with E-state index in [0.29, 0.717) is 40.4 Å². The van der Waals surface area contributed by atoms with Gasteiger partial charge in [-0.2, -0.15) is 0 Å². The van der Waals surface area contributed by atoms with E-state index in [9.17, 15) is 9.18 Å². The number of aryl methyl sites for hydroxylation is 2. The average molecular weight is 470 g/mol. The maximum atomic E-state index is 13.5. The zero-order valence-corrected chi connectivity index (χ0v) is 19.6. The number of alkyl halides is 1. The molecule has 1 saturated heterocycles. The molecule has 0 bridgehead atoms. The Morgan fingerprint density at radius 2 is 2.21 bits per heavy atom. The summed E-state index contributed by atoms with van der Waals surface area (Å²) in [6.45, 7) is 4.48. The molecule has 1 aliphatic carbocycles. The maximum absolute atomic E-state index is 13.5. The number of nitrogens with one attached hydrogen (secondary N) is 1. The first-order valence-corrected chi connectivity index (χ1v) is 12.0. The molecule has 0 saturated carbocycles. The second-order valence-corrected chi connectivity index (χ2v) is 10.5. The minimum absolute atomic E-state index is 0.0000418. The number of nitrogen functional groups attached to an aromatic ring is 1. The molecule has 0 radical (unpaired) electrons. The summed E-state index contributed by atoms with van der Waals surface area (Å²) in [5.74, 6) is 0.654. The second kappa shape index (κ2) is 8.18. The molecule has 5 N–H and O–H groups in total. The Morgan fingerprint density at radius 3 is 2.97 bits per heavy atom. The summed E-state index contributed by atoms with van der Waals surface area (Å²) in [5.41, 5.74) is 15.7. The van der Waals surface area contributed by atoms with Crippen molar-refractivity contribution in [3.8, 4) is 0 Å². The van der Waals surface area contributed by atoms with Gasteiger partial charge in [0.25, 0.3) is 5.91 Å². The zero-order chi connectivity index (χ0) is 23.3. The van der Waals surface area contributed by atoms with Crippen LogP contribution in [0.1, 0.15) is 40.0 Å². The number of hydrogen-bond acceptors (Lipinski definition) is 8. The average Bonchev–Trinajstić information content (AvgIpc) is 3.29. The molecule has 0 aromatic carbocycles. The summed E-state index contributed by atoms with van der Waals surface area (Å²) in [5, 5.41) is 3.13. The molecule has 1 amide bonds. The molecule has 4 heterocycles. The Labute approximate surface area is 195 Å². The van der Waals surface area contributed by atoms with Gasteiger partial charge in [0, 0.05) is 42.5 Å². The van der Waals surface area contributed by atoms with Gasteiger partial charge in [-0.25, -0.2) is 15.0 Å². The van der Waals surface area contributed by atoms with Crippen molar-refractivity contribution in [2.24, 2.45) is 11.1 Å². The van der Waals surface area contributed by atoms with Gasteiger partial charge >= 0.3 is 0 Å². The third-order valence-corrected chi connectivity index (χ3v) is 7.93. The van der Waals surface area contributed by atoms with E-state index in [0.717, 1.165) is 35.6 Å². The minimum atomic E-state index is -0.537. The van der Waals surface area contributed by atoms with Crippen LogP contribution in [0.5, 0.6) is 0 Å². The number of nitrogens with zero attached hydrogens (tertiary/aromatic N) is 4. The van der Waals surface area contributed by atoms with E-state index in [4.69, 9.17) is 16.5 Å². The first-order valence-electron chi connectivity index (χ1n) is 11.1. The van der Waals surface area contributed by atoms with E-state index < -0.39 is 12.1 Å². The number of pyridine rings is 1. The van der Waals surface area contributed by atoms with Crippen molar-refractivity contribution < 1.29 is 9.18 Å². The van der Waals surface area contributed by atoms with E-state index >= 15 is 0 Å². The van der Waals surface area contributed by atoms with Crippen molar-refractivity contribution in [2.75, 3.05) is 30.4 Å². The lowest BCUT2D eigenvalue weighted by atomic mass is 9.87. The number of anilines is 2. The number of carbonyl (C=O) groups excluding carboxylic acids is 1. The van der Waals surface area contributed by atoms with E-state index in [1.165, 1.54) is 11.3 Å². The largest absolute Gasteiger partial charge is 0.396 e. The van der Waals surface area contributed by atoms with Gasteiger partial charge in [-0.05, 0) is 37.8 Å². The molecule has 1 aliphatic heterocycles. The summed E-state index contributed by atoms with van der Waals surface area (Å²) in [6, 6.07) is 3.83. The predicted molar refractivity (Wildman–Crippen MR) is 128 cm³/mol. The molecule has 2 aliphatic rings. The number of halogens is 1. The molecule has 3 unspecified atom stereocenters. The molecule has 0 spiro atoms.